The molecule has 0 unspecified atom stereocenters. The first-order valence-electron chi connectivity index (χ1n) is 3.60. The highest BCUT2D eigenvalue weighted by Crippen LogP contribution is 2.26. The van der Waals surface area contributed by atoms with Crippen LogP contribution in [-0.4, -0.2) is 4.83 Å². The molecule has 0 saturated heterocycles. The fourth-order valence-electron chi connectivity index (χ4n) is 0.937. The van der Waals surface area contributed by atoms with Crippen LogP contribution < -0.4 is 0 Å². The van der Waals surface area contributed by atoms with Crippen LogP contribution >= 0.6 is 15.9 Å². The Morgan fingerprint density at radius 3 is 2.17 bits per heavy atom. The summed E-state index contributed by atoms with van der Waals surface area (Å²) in [7, 11) is 0. The van der Waals surface area contributed by atoms with Crippen LogP contribution in [0.15, 0.2) is 24.3 Å². The van der Waals surface area contributed by atoms with Gasteiger partial charge in [0.15, 0.2) is 0 Å². The van der Waals surface area contributed by atoms with Gasteiger partial charge < -0.3 is 0 Å². The molecule has 12 heavy (non-hydrogen) atoms. The van der Waals surface area contributed by atoms with Gasteiger partial charge in [-0.25, -0.2) is 0 Å². The number of benzene rings is 1. The van der Waals surface area contributed by atoms with E-state index < -0.39 is 4.83 Å². The molecule has 1 rings (SSSR count). The fourth-order valence-corrected chi connectivity index (χ4v) is 1.26. The standard InChI is InChI=1S/C9H9BrF2/c1-7-2-4-8(5-3-7)6-9(10,11)12/h2-5H,6H2,1H3. The Morgan fingerprint density at radius 2 is 1.75 bits per heavy atom. The lowest BCUT2D eigenvalue weighted by Crippen LogP contribution is -2.08. The van der Waals surface area contributed by atoms with Crippen LogP contribution in [0.3, 0.4) is 0 Å². The van der Waals surface area contributed by atoms with Crippen molar-refractivity contribution >= 4 is 15.9 Å². The van der Waals surface area contributed by atoms with Gasteiger partial charge in [0.25, 0.3) is 0 Å². The molecule has 0 amide bonds. The third-order valence-corrected chi connectivity index (χ3v) is 1.81. The average Bonchev–Trinajstić information content (AvgIpc) is 1.91. The highest BCUT2D eigenvalue weighted by atomic mass is 79.9. The number of hydrogen-bond donors (Lipinski definition) is 0. The zero-order valence-electron chi connectivity index (χ0n) is 6.65. The molecule has 1 aromatic rings. The first-order chi connectivity index (χ1) is 5.47. The normalized spacial score (nSPS) is 11.7. The fraction of sp³-hybridized carbons (Fsp3) is 0.333. The van der Waals surface area contributed by atoms with Gasteiger partial charge in [0, 0.05) is 6.42 Å². The second kappa shape index (κ2) is 3.52. The Morgan fingerprint density at radius 1 is 1.25 bits per heavy atom. The van der Waals surface area contributed by atoms with Gasteiger partial charge in [-0.3, -0.25) is 0 Å². The minimum atomic E-state index is -2.79. The monoisotopic (exact) mass is 234 g/mol. The van der Waals surface area contributed by atoms with Crippen molar-refractivity contribution < 1.29 is 8.78 Å². The summed E-state index contributed by atoms with van der Waals surface area (Å²) in [4.78, 5) is -2.79. The molecule has 0 spiro atoms. The van der Waals surface area contributed by atoms with E-state index in [-0.39, 0.29) is 6.42 Å². The third kappa shape index (κ3) is 3.30. The lowest BCUT2D eigenvalue weighted by molar-refractivity contribution is 0.115. The second-order valence-corrected chi connectivity index (χ2v) is 3.94. The minimum Gasteiger partial charge on any atom is -0.193 e. The molecule has 0 atom stereocenters. The van der Waals surface area contributed by atoms with Crippen molar-refractivity contribution in [3.63, 3.8) is 0 Å². The maximum Gasteiger partial charge on any atom is 0.305 e. The number of alkyl halides is 3. The SMILES string of the molecule is Cc1ccc(CC(F)(F)Br)cc1. The molecule has 1 aromatic carbocycles. The predicted octanol–water partition coefficient (Wildman–Crippen LogP) is 3.53. The first kappa shape index (κ1) is 9.65. The molecule has 0 heterocycles. The molecule has 0 N–H and O–H groups in total. The zero-order chi connectivity index (χ0) is 9.19. The minimum absolute atomic E-state index is 0.257. The van der Waals surface area contributed by atoms with E-state index in [2.05, 4.69) is 15.9 Å². The summed E-state index contributed by atoms with van der Waals surface area (Å²) in [6.07, 6.45) is -0.257. The lowest BCUT2D eigenvalue weighted by atomic mass is 10.1. The van der Waals surface area contributed by atoms with Crippen molar-refractivity contribution in [2.75, 3.05) is 0 Å². The van der Waals surface area contributed by atoms with E-state index in [1.165, 1.54) is 0 Å². The Labute approximate surface area is 78.7 Å². The molecule has 0 aliphatic heterocycles. The van der Waals surface area contributed by atoms with Gasteiger partial charge in [-0.15, -0.1) is 0 Å². The zero-order valence-corrected chi connectivity index (χ0v) is 8.24. The smallest absolute Gasteiger partial charge is 0.193 e. The maximum absolute atomic E-state index is 12.4. The van der Waals surface area contributed by atoms with Crippen molar-refractivity contribution in [2.24, 2.45) is 0 Å². The van der Waals surface area contributed by atoms with Crippen molar-refractivity contribution in [1.29, 1.82) is 0 Å². The largest absolute Gasteiger partial charge is 0.305 e. The van der Waals surface area contributed by atoms with E-state index in [4.69, 9.17) is 0 Å². The average molecular weight is 235 g/mol. The summed E-state index contributed by atoms with van der Waals surface area (Å²) in [5.74, 6) is 0. The topological polar surface area (TPSA) is 0 Å². The van der Waals surface area contributed by atoms with Crippen molar-refractivity contribution in [3.8, 4) is 0 Å². The molecule has 3 heteroatoms. The summed E-state index contributed by atoms with van der Waals surface area (Å²) in [6.45, 7) is 1.93. The van der Waals surface area contributed by atoms with E-state index in [0.29, 0.717) is 5.56 Å². The first-order valence-corrected chi connectivity index (χ1v) is 4.39. The van der Waals surface area contributed by atoms with Crippen LogP contribution in [-0.2, 0) is 6.42 Å². The number of rotatable bonds is 2. The van der Waals surface area contributed by atoms with Crippen LogP contribution in [0.2, 0.25) is 0 Å². The van der Waals surface area contributed by atoms with Crippen molar-refractivity contribution in [2.45, 2.75) is 18.2 Å². The van der Waals surface area contributed by atoms with Gasteiger partial charge >= 0.3 is 4.83 Å². The maximum atomic E-state index is 12.4. The van der Waals surface area contributed by atoms with Gasteiger partial charge in [-0.05, 0) is 28.4 Å². The van der Waals surface area contributed by atoms with Crippen LogP contribution in [0, 0.1) is 6.92 Å². The van der Waals surface area contributed by atoms with Crippen molar-refractivity contribution in [1.82, 2.24) is 0 Å². The van der Waals surface area contributed by atoms with Gasteiger partial charge in [0.05, 0.1) is 0 Å². The number of aryl methyl sites for hydroxylation is 1. The van der Waals surface area contributed by atoms with Gasteiger partial charge in [0.2, 0.25) is 0 Å². The molecule has 0 aromatic heterocycles. The third-order valence-electron chi connectivity index (χ3n) is 1.53. The Hall–Kier alpha value is -0.440. The van der Waals surface area contributed by atoms with E-state index in [1.54, 1.807) is 12.1 Å². The summed E-state index contributed by atoms with van der Waals surface area (Å²) in [6, 6.07) is 7.08. The Kier molecular flexibility index (Phi) is 2.83. The summed E-state index contributed by atoms with van der Waals surface area (Å²) in [5.41, 5.74) is 1.72. The summed E-state index contributed by atoms with van der Waals surface area (Å²) in [5, 5.41) is 0. The highest BCUT2D eigenvalue weighted by Gasteiger charge is 2.23. The molecule has 66 valence electrons. The van der Waals surface area contributed by atoms with E-state index in [9.17, 15) is 8.78 Å². The highest BCUT2D eigenvalue weighted by molar-refractivity contribution is 9.10. The van der Waals surface area contributed by atoms with E-state index >= 15 is 0 Å². The molecule has 0 fully saturated rings. The molecule has 0 saturated carbocycles. The molecule has 0 radical (unpaired) electrons. The molecule has 0 aliphatic rings. The molecular weight excluding hydrogens is 226 g/mol. The lowest BCUT2D eigenvalue weighted by Gasteiger charge is -2.07. The van der Waals surface area contributed by atoms with E-state index in [0.717, 1.165) is 5.56 Å². The van der Waals surface area contributed by atoms with Crippen LogP contribution in [0.25, 0.3) is 0 Å². The second-order valence-electron chi connectivity index (χ2n) is 2.78. The van der Waals surface area contributed by atoms with Crippen LogP contribution in [0.1, 0.15) is 11.1 Å². The predicted molar refractivity (Wildman–Crippen MR) is 48.8 cm³/mol. The molecule has 0 nitrogen and oxygen atoms in total. The number of hydrogen-bond acceptors (Lipinski definition) is 0. The van der Waals surface area contributed by atoms with Gasteiger partial charge in [0.1, 0.15) is 0 Å². The quantitative estimate of drug-likeness (QED) is 0.688. The Bertz CT molecular complexity index is 248. The van der Waals surface area contributed by atoms with Gasteiger partial charge in [-0.1, -0.05) is 29.8 Å². The number of halogens is 3. The van der Waals surface area contributed by atoms with Crippen LogP contribution in [0.4, 0.5) is 8.78 Å². The molecular formula is C9H9BrF2. The Balaban J connectivity index is 2.71. The summed E-state index contributed by atoms with van der Waals surface area (Å²) >= 11 is 2.30. The molecule has 0 aliphatic carbocycles. The summed E-state index contributed by atoms with van der Waals surface area (Å²) < 4.78 is 24.9. The van der Waals surface area contributed by atoms with Crippen LogP contribution in [0.5, 0.6) is 0 Å². The molecule has 0 bridgehead atoms. The van der Waals surface area contributed by atoms with Crippen molar-refractivity contribution in [3.05, 3.63) is 35.4 Å². The van der Waals surface area contributed by atoms with Gasteiger partial charge in [-0.2, -0.15) is 8.78 Å². The van der Waals surface area contributed by atoms with E-state index in [1.807, 2.05) is 19.1 Å².